The van der Waals surface area contributed by atoms with Gasteiger partial charge in [0.25, 0.3) is 10.6 Å². The zero-order chi connectivity index (χ0) is 29.0. The predicted molar refractivity (Wildman–Crippen MR) is 134 cm³/mol. The van der Waals surface area contributed by atoms with Crippen LogP contribution in [-0.4, -0.2) is 51.8 Å². The maximum absolute atomic E-state index is 12.9. The van der Waals surface area contributed by atoms with E-state index in [1.807, 2.05) is 13.8 Å². The van der Waals surface area contributed by atoms with E-state index in [2.05, 4.69) is 0 Å². The van der Waals surface area contributed by atoms with Gasteiger partial charge in [0.15, 0.2) is 24.8 Å². The van der Waals surface area contributed by atoms with Crippen molar-refractivity contribution >= 4 is 34.9 Å². The monoisotopic (exact) mass is 541 g/mol. The molecule has 0 radical (unpaired) electrons. The van der Waals surface area contributed by atoms with Crippen LogP contribution in [0.15, 0.2) is 48.5 Å². The number of rotatable bonds is 10. The summed E-state index contributed by atoms with van der Waals surface area (Å²) in [5.74, 6) is -2.73. The van der Waals surface area contributed by atoms with E-state index >= 15 is 0 Å². The highest BCUT2D eigenvalue weighted by Crippen LogP contribution is 2.50. The number of Topliss-reactive ketones (excluding diaryl/α,β-unsaturated/α-hetero) is 2. The van der Waals surface area contributed by atoms with Crippen molar-refractivity contribution in [3.63, 3.8) is 0 Å². The lowest BCUT2D eigenvalue weighted by Crippen LogP contribution is -2.46. The standard InChI is InChI=1S/C27H29N2O10/c1-26(2)16-27(3,25(33)39-15-23(31)18-6-10-20(11-7-18)29(36)37)13-12-21(26)24(32)38-14-22(30)17-4-8-19(9-5-17)28(34)35/h4-11,21H,12-16H2,1-3H3,(H,36,37)/q+1. The second-order valence-corrected chi connectivity index (χ2v) is 10.5. The number of nitro benzene ring substituents is 1. The fraction of sp³-hybridized carbons (Fsp3) is 0.407. The van der Waals surface area contributed by atoms with Crippen molar-refractivity contribution < 1.29 is 43.7 Å². The first-order valence-electron chi connectivity index (χ1n) is 12.1. The third kappa shape index (κ3) is 6.89. The first-order chi connectivity index (χ1) is 18.2. The first-order valence-corrected chi connectivity index (χ1v) is 12.1. The minimum absolute atomic E-state index is 0.0516. The average molecular weight is 542 g/mol. The van der Waals surface area contributed by atoms with Gasteiger partial charge in [0.05, 0.1) is 21.2 Å². The van der Waals surface area contributed by atoms with Gasteiger partial charge in [-0.1, -0.05) is 13.8 Å². The van der Waals surface area contributed by atoms with Gasteiger partial charge in [-0.3, -0.25) is 29.3 Å². The van der Waals surface area contributed by atoms with Crippen molar-refractivity contribution in [3.8, 4) is 0 Å². The number of hydrogen-bond donors (Lipinski definition) is 1. The van der Waals surface area contributed by atoms with E-state index in [0.29, 0.717) is 12.8 Å². The normalized spacial score (nSPS) is 19.9. The third-order valence-corrected chi connectivity index (χ3v) is 7.04. The van der Waals surface area contributed by atoms with Crippen LogP contribution >= 0.6 is 0 Å². The van der Waals surface area contributed by atoms with Crippen molar-refractivity contribution in [2.24, 2.45) is 16.7 Å². The predicted octanol–water partition coefficient (Wildman–Crippen LogP) is 4.38. The van der Waals surface area contributed by atoms with Crippen molar-refractivity contribution in [2.75, 3.05) is 13.2 Å². The molecule has 12 nitrogen and oxygen atoms in total. The molecule has 0 amide bonds. The Morgan fingerprint density at radius 3 is 1.82 bits per heavy atom. The van der Waals surface area contributed by atoms with E-state index in [4.69, 9.17) is 14.7 Å². The topological polar surface area (TPSA) is 170 Å². The smallest absolute Gasteiger partial charge is 0.316 e. The highest BCUT2D eigenvalue weighted by molar-refractivity contribution is 5.99. The summed E-state index contributed by atoms with van der Waals surface area (Å²) in [6.07, 6.45) is 0.864. The summed E-state index contributed by atoms with van der Waals surface area (Å²) in [6.45, 7) is 4.31. The summed E-state index contributed by atoms with van der Waals surface area (Å²) in [5.41, 5.74) is -1.48. The van der Waals surface area contributed by atoms with Crippen molar-refractivity contribution in [3.05, 3.63) is 74.7 Å². The number of nitro groups is 1. The second kappa shape index (κ2) is 11.5. The molecule has 39 heavy (non-hydrogen) atoms. The summed E-state index contributed by atoms with van der Waals surface area (Å²) in [6, 6.07) is 10.2. The number of ether oxygens (including phenoxy) is 2. The van der Waals surface area contributed by atoms with Gasteiger partial charge in [-0.15, -0.1) is 0 Å². The molecule has 3 rings (SSSR count). The molecular weight excluding hydrogens is 512 g/mol. The number of esters is 2. The van der Waals surface area contributed by atoms with Gasteiger partial charge in [-0.2, -0.15) is 0 Å². The van der Waals surface area contributed by atoms with Gasteiger partial charge in [0, 0.05) is 35.4 Å². The van der Waals surface area contributed by atoms with Crippen LogP contribution in [-0.2, 0) is 19.1 Å². The van der Waals surface area contributed by atoms with Crippen LogP contribution in [0.25, 0.3) is 0 Å². The zero-order valence-electron chi connectivity index (χ0n) is 21.7. The van der Waals surface area contributed by atoms with Gasteiger partial charge in [0.2, 0.25) is 0 Å². The van der Waals surface area contributed by atoms with Crippen LogP contribution in [0.1, 0.15) is 60.7 Å². The summed E-state index contributed by atoms with van der Waals surface area (Å²) in [5, 5.41) is 19.6. The molecule has 1 aliphatic rings. The summed E-state index contributed by atoms with van der Waals surface area (Å²) >= 11 is 0. The molecule has 1 N–H and O–H groups in total. The van der Waals surface area contributed by atoms with Gasteiger partial charge in [-0.25, -0.2) is 5.21 Å². The first kappa shape index (κ1) is 29.1. The van der Waals surface area contributed by atoms with Crippen LogP contribution in [0.3, 0.4) is 0 Å². The molecule has 2 aromatic rings. The minimum Gasteiger partial charge on any atom is -0.457 e. The maximum atomic E-state index is 12.9. The van der Waals surface area contributed by atoms with Crippen LogP contribution in [0.4, 0.5) is 11.4 Å². The SMILES string of the molecule is CC1(C(=O)OCC(=O)c2ccc([N+](=O)O)cc2)CCC(C(=O)OCC(=O)c2ccc([N+](=O)[O-])cc2)C(C)(C)C1. The largest absolute Gasteiger partial charge is 0.457 e. The lowest BCUT2D eigenvalue weighted by Gasteiger charge is -2.45. The number of benzene rings is 2. The molecule has 1 aliphatic carbocycles. The van der Waals surface area contributed by atoms with E-state index in [9.17, 15) is 34.2 Å². The fourth-order valence-electron chi connectivity index (χ4n) is 4.94. The molecule has 2 aromatic carbocycles. The summed E-state index contributed by atoms with van der Waals surface area (Å²) in [4.78, 5) is 71.3. The molecule has 0 aliphatic heterocycles. The van der Waals surface area contributed by atoms with E-state index in [1.54, 1.807) is 6.92 Å². The number of non-ortho nitro benzene ring substituents is 1. The molecule has 2 atom stereocenters. The van der Waals surface area contributed by atoms with Crippen molar-refractivity contribution in [1.29, 1.82) is 0 Å². The zero-order valence-corrected chi connectivity index (χ0v) is 21.7. The minimum atomic E-state index is -0.959. The molecule has 2 unspecified atom stereocenters. The average Bonchev–Trinajstić information content (AvgIpc) is 2.89. The Kier molecular flexibility index (Phi) is 8.58. The lowest BCUT2D eigenvalue weighted by molar-refractivity contribution is -0.729. The summed E-state index contributed by atoms with van der Waals surface area (Å²) in [7, 11) is 0. The Bertz CT molecular complexity index is 1300. The molecule has 0 heterocycles. The molecule has 0 saturated heterocycles. The van der Waals surface area contributed by atoms with E-state index in [0.717, 1.165) is 0 Å². The van der Waals surface area contributed by atoms with E-state index < -0.39 is 58.4 Å². The Morgan fingerprint density at radius 2 is 1.36 bits per heavy atom. The number of nitrogens with zero attached hydrogens (tertiary/aromatic N) is 2. The lowest BCUT2D eigenvalue weighted by atomic mass is 9.59. The van der Waals surface area contributed by atoms with Crippen molar-refractivity contribution in [2.45, 2.75) is 40.0 Å². The quantitative estimate of drug-likeness (QED) is 0.197. The van der Waals surface area contributed by atoms with E-state index in [1.165, 1.54) is 48.5 Å². The highest BCUT2D eigenvalue weighted by atomic mass is 16.6. The molecule has 0 aromatic heterocycles. The molecular formula is C27H29N2O10+. The van der Waals surface area contributed by atoms with Crippen LogP contribution < -0.4 is 0 Å². The molecule has 1 saturated carbocycles. The van der Waals surface area contributed by atoms with Crippen LogP contribution in [0.2, 0.25) is 0 Å². The maximum Gasteiger partial charge on any atom is 0.316 e. The third-order valence-electron chi connectivity index (χ3n) is 7.04. The molecule has 12 heteroatoms. The second-order valence-electron chi connectivity index (χ2n) is 10.5. The number of carbonyl (C=O) groups excluding carboxylic acids is 4. The van der Waals surface area contributed by atoms with Crippen molar-refractivity contribution in [1.82, 2.24) is 0 Å². The van der Waals surface area contributed by atoms with Crippen LogP contribution in [0.5, 0.6) is 0 Å². The Balaban J connectivity index is 1.54. The van der Waals surface area contributed by atoms with Gasteiger partial charge in [-0.05, 0) is 55.9 Å². The van der Waals surface area contributed by atoms with E-state index in [-0.39, 0.29) is 33.8 Å². The number of hydrogen-bond acceptors (Lipinski definition) is 9. The van der Waals surface area contributed by atoms with Gasteiger partial charge < -0.3 is 9.47 Å². The Morgan fingerprint density at radius 1 is 0.872 bits per heavy atom. The number of ketones is 2. The number of carbonyl (C=O) groups is 4. The van der Waals surface area contributed by atoms with Crippen LogP contribution in [0, 0.1) is 31.8 Å². The Hall–Kier alpha value is -4.48. The summed E-state index contributed by atoms with van der Waals surface area (Å²) < 4.78 is 10.6. The fourth-order valence-corrected chi connectivity index (χ4v) is 4.94. The van der Waals surface area contributed by atoms with Gasteiger partial charge >= 0.3 is 17.6 Å². The molecule has 0 spiro atoms. The highest BCUT2D eigenvalue weighted by Gasteiger charge is 2.50. The Labute approximate surface area is 223 Å². The molecule has 0 bridgehead atoms. The molecule has 206 valence electrons. The molecule has 1 fully saturated rings. The van der Waals surface area contributed by atoms with Gasteiger partial charge in [0.1, 0.15) is 0 Å².